The van der Waals surface area contributed by atoms with E-state index in [-0.39, 0.29) is 27.9 Å². The number of phenols is 1. The van der Waals surface area contributed by atoms with Crippen molar-refractivity contribution in [2.75, 3.05) is 0 Å². The number of rotatable bonds is 6. The van der Waals surface area contributed by atoms with Gasteiger partial charge in [0.25, 0.3) is 0 Å². The van der Waals surface area contributed by atoms with Crippen molar-refractivity contribution < 1.29 is 5.11 Å². The molecule has 6 aromatic carbocycles. The molecule has 0 aliphatic heterocycles. The summed E-state index contributed by atoms with van der Waals surface area (Å²) in [5.41, 5.74) is 14.9. The first-order valence-electron chi connectivity index (χ1n) is 21.0. The normalized spacial score (nSPS) is 12.5. The predicted octanol–water partition coefficient (Wildman–Crippen LogP) is 15.0. The van der Waals surface area contributed by atoms with E-state index in [2.05, 4.69) is 208 Å². The second kappa shape index (κ2) is 14.7. The summed E-state index contributed by atoms with van der Waals surface area (Å²) in [5, 5.41) is 13.6. The maximum atomic E-state index is 12.5. The Morgan fingerprint density at radius 2 is 1.17 bits per heavy atom. The smallest absolute Gasteiger partial charge is 0.149 e. The minimum absolute atomic E-state index is 0.122. The van der Waals surface area contributed by atoms with Crippen molar-refractivity contribution in [2.45, 2.75) is 98.3 Å². The van der Waals surface area contributed by atoms with Crippen LogP contribution in [0.5, 0.6) is 5.75 Å². The molecule has 4 nitrogen and oxygen atoms in total. The van der Waals surface area contributed by atoms with Gasteiger partial charge in [0.15, 0.2) is 0 Å². The van der Waals surface area contributed by atoms with Crippen molar-refractivity contribution in [1.29, 1.82) is 0 Å². The molecular formula is C55H57N3O. The van der Waals surface area contributed by atoms with Crippen molar-refractivity contribution in [2.24, 2.45) is 0 Å². The highest BCUT2D eigenvalue weighted by Gasteiger charge is 2.30. The number of nitrogens with zero attached hydrogens (tertiary/aromatic N) is 3. The Hall–Kier alpha value is -6.00. The summed E-state index contributed by atoms with van der Waals surface area (Å²) in [6.45, 7) is 24.5. The van der Waals surface area contributed by atoms with Crippen molar-refractivity contribution in [1.82, 2.24) is 14.5 Å². The molecule has 8 aromatic rings. The zero-order chi connectivity index (χ0) is 42.0. The van der Waals surface area contributed by atoms with E-state index in [1.165, 1.54) is 11.1 Å². The number of hydrogen-bond acceptors (Lipinski definition) is 3. The van der Waals surface area contributed by atoms with Gasteiger partial charge in [-0.15, -0.1) is 0 Å². The summed E-state index contributed by atoms with van der Waals surface area (Å²) >= 11 is 0. The molecule has 2 aromatic heterocycles. The van der Waals surface area contributed by atoms with E-state index in [1.807, 2.05) is 6.07 Å². The minimum Gasteiger partial charge on any atom is -0.507 e. The molecule has 0 saturated heterocycles. The molecule has 0 aliphatic rings. The van der Waals surface area contributed by atoms with Gasteiger partial charge in [0.05, 0.1) is 33.5 Å². The summed E-state index contributed by atoms with van der Waals surface area (Å²) in [5.74, 6) is 1.20. The highest BCUT2D eigenvalue weighted by Crippen LogP contribution is 2.47. The van der Waals surface area contributed by atoms with Crippen LogP contribution in [0.25, 0.3) is 72.5 Å². The highest BCUT2D eigenvalue weighted by molar-refractivity contribution is 5.98. The molecule has 59 heavy (non-hydrogen) atoms. The molecule has 0 unspecified atom stereocenters. The molecule has 1 N–H and O–H groups in total. The molecular weight excluding hydrogens is 719 g/mol. The van der Waals surface area contributed by atoms with Crippen LogP contribution in [0, 0.1) is 0 Å². The molecule has 8 rings (SSSR count). The maximum absolute atomic E-state index is 12.5. The van der Waals surface area contributed by atoms with Gasteiger partial charge >= 0.3 is 0 Å². The Kier molecular flexibility index (Phi) is 9.90. The van der Waals surface area contributed by atoms with Gasteiger partial charge in [0.1, 0.15) is 11.6 Å². The second-order valence-electron chi connectivity index (χ2n) is 19.6. The Morgan fingerprint density at radius 3 is 1.86 bits per heavy atom. The first-order valence-corrected chi connectivity index (χ1v) is 21.0. The van der Waals surface area contributed by atoms with Crippen molar-refractivity contribution >= 4 is 21.9 Å². The van der Waals surface area contributed by atoms with Crippen LogP contribution in [0.3, 0.4) is 0 Å². The van der Waals surface area contributed by atoms with E-state index in [4.69, 9.17) is 9.97 Å². The van der Waals surface area contributed by atoms with Crippen LogP contribution in [0.4, 0.5) is 0 Å². The third-order valence-corrected chi connectivity index (χ3v) is 11.7. The maximum Gasteiger partial charge on any atom is 0.149 e. The van der Waals surface area contributed by atoms with Crippen molar-refractivity contribution in [3.05, 3.63) is 156 Å². The third-order valence-electron chi connectivity index (χ3n) is 11.7. The fraction of sp³-hybridized carbons (Fsp3) is 0.273. The Balaban J connectivity index is 1.50. The van der Waals surface area contributed by atoms with E-state index >= 15 is 0 Å². The summed E-state index contributed by atoms with van der Waals surface area (Å²) in [6.07, 6.45) is 0. The van der Waals surface area contributed by atoms with Gasteiger partial charge in [0, 0.05) is 27.6 Å². The molecule has 0 atom stereocenters. The number of phenolic OH excluding ortho intramolecular Hbond substituents is 1. The number of fused-ring (bicyclic) bond motifs is 2. The number of aromatic hydroxyl groups is 1. The number of hydrogen-bond donors (Lipinski definition) is 1. The van der Waals surface area contributed by atoms with E-state index in [0.717, 1.165) is 83.6 Å². The van der Waals surface area contributed by atoms with E-state index < -0.39 is 0 Å². The fourth-order valence-corrected chi connectivity index (χ4v) is 8.27. The lowest BCUT2D eigenvalue weighted by molar-refractivity contribution is 0.446. The molecule has 0 amide bonds. The standard InChI is InChI=1S/C55H57N3O/c1-34(2)41-22-17-24-43(35-19-13-12-14-20-35)50(41)58-48-26-18-23-42(49(48)57-52(58)44-32-40(54(6,7)8)33-45(51(44)59)55(9,10)11)37-29-38(31-39(30-37)53(3,4)5)47-28-27-36-21-15-16-25-46(36)56-47/h12-34,59H,1-11H3. The summed E-state index contributed by atoms with van der Waals surface area (Å²) in [7, 11) is 0. The zero-order valence-corrected chi connectivity index (χ0v) is 36.6. The first-order chi connectivity index (χ1) is 27.9. The Morgan fingerprint density at radius 1 is 0.525 bits per heavy atom. The second-order valence-corrected chi connectivity index (χ2v) is 19.6. The topological polar surface area (TPSA) is 50.9 Å². The molecule has 4 heteroatoms. The molecule has 0 bridgehead atoms. The average Bonchev–Trinajstić information content (AvgIpc) is 3.58. The Bertz CT molecular complexity index is 2860. The van der Waals surface area contributed by atoms with Crippen LogP contribution in [0.15, 0.2) is 133 Å². The third kappa shape index (κ3) is 7.46. The van der Waals surface area contributed by atoms with Gasteiger partial charge in [0.2, 0.25) is 0 Å². The lowest BCUT2D eigenvalue weighted by Gasteiger charge is -2.28. The van der Waals surface area contributed by atoms with Crippen molar-refractivity contribution in [3.8, 4) is 56.3 Å². The molecule has 0 saturated carbocycles. The lowest BCUT2D eigenvalue weighted by Crippen LogP contribution is -2.17. The van der Waals surface area contributed by atoms with Crippen LogP contribution in [0.1, 0.15) is 104 Å². The largest absolute Gasteiger partial charge is 0.507 e. The van der Waals surface area contributed by atoms with Gasteiger partial charge in [-0.25, -0.2) is 9.97 Å². The summed E-state index contributed by atoms with van der Waals surface area (Å²) < 4.78 is 2.34. The number of para-hydroxylation sites is 3. The molecule has 0 fully saturated rings. The SMILES string of the molecule is CC(C)c1cccc(-c2ccccc2)c1-n1c(-c2cc(C(C)(C)C)cc(C(C)(C)C)c2O)nc2c(-c3cc(-c4ccc5ccccc5n4)cc(C(C)(C)C)c3)cccc21. The van der Waals surface area contributed by atoms with Gasteiger partial charge in [-0.1, -0.05) is 173 Å². The van der Waals surface area contributed by atoms with E-state index in [0.29, 0.717) is 0 Å². The minimum atomic E-state index is -0.312. The summed E-state index contributed by atoms with van der Waals surface area (Å²) in [4.78, 5) is 10.8. The van der Waals surface area contributed by atoms with Crippen LogP contribution in [-0.4, -0.2) is 19.6 Å². The van der Waals surface area contributed by atoms with Gasteiger partial charge in [-0.05, 0) is 86.4 Å². The Labute approximate surface area is 350 Å². The molecule has 0 aliphatic carbocycles. The van der Waals surface area contributed by atoms with Crippen LogP contribution >= 0.6 is 0 Å². The van der Waals surface area contributed by atoms with Crippen molar-refractivity contribution in [3.63, 3.8) is 0 Å². The molecule has 2 heterocycles. The predicted molar refractivity (Wildman–Crippen MR) is 250 cm³/mol. The van der Waals surface area contributed by atoms with Crippen LogP contribution in [0.2, 0.25) is 0 Å². The van der Waals surface area contributed by atoms with Crippen LogP contribution in [-0.2, 0) is 16.2 Å². The molecule has 0 radical (unpaired) electrons. The number of pyridine rings is 1. The number of benzene rings is 6. The molecule has 0 spiro atoms. The number of imidazole rings is 1. The quantitative estimate of drug-likeness (QED) is 0.183. The lowest BCUT2D eigenvalue weighted by atomic mass is 9.79. The average molecular weight is 776 g/mol. The highest BCUT2D eigenvalue weighted by atomic mass is 16.3. The molecule has 298 valence electrons. The van der Waals surface area contributed by atoms with Gasteiger partial charge < -0.3 is 5.11 Å². The zero-order valence-electron chi connectivity index (χ0n) is 36.6. The van der Waals surface area contributed by atoms with Gasteiger partial charge in [-0.2, -0.15) is 0 Å². The number of aromatic nitrogens is 3. The van der Waals surface area contributed by atoms with Gasteiger partial charge in [-0.3, -0.25) is 4.57 Å². The van der Waals surface area contributed by atoms with Crippen LogP contribution < -0.4 is 0 Å². The fourth-order valence-electron chi connectivity index (χ4n) is 8.27. The summed E-state index contributed by atoms with van der Waals surface area (Å²) in [6, 6.07) is 47.6. The van der Waals surface area contributed by atoms with E-state index in [9.17, 15) is 5.11 Å². The monoisotopic (exact) mass is 775 g/mol. The first kappa shape index (κ1) is 39.8. The van der Waals surface area contributed by atoms with E-state index in [1.54, 1.807) is 0 Å².